The van der Waals surface area contributed by atoms with Crippen molar-refractivity contribution >= 4 is 101 Å². The molecule has 65 heavy (non-hydrogen) atoms. The zero-order chi connectivity index (χ0) is 46.3. The van der Waals surface area contributed by atoms with E-state index in [-0.39, 0.29) is 44.8 Å². The van der Waals surface area contributed by atoms with Crippen LogP contribution in [0.2, 0.25) is 0 Å². The average molecular weight is 941 g/mol. The number of benzene rings is 7. The molecule has 20 nitrogen and oxygen atoms in total. The summed E-state index contributed by atoms with van der Waals surface area (Å²) < 4.78 is 49.1. The van der Waals surface area contributed by atoms with E-state index in [0.29, 0.717) is 96.8 Å². The van der Waals surface area contributed by atoms with Gasteiger partial charge in [0.25, 0.3) is 10.1 Å². The van der Waals surface area contributed by atoms with E-state index in [4.69, 9.17) is 21.0 Å². The van der Waals surface area contributed by atoms with Crippen molar-refractivity contribution in [2.24, 2.45) is 30.7 Å². The molecule has 0 saturated heterocycles. The van der Waals surface area contributed by atoms with Gasteiger partial charge in [-0.15, -0.1) is 18.9 Å². The Hall–Kier alpha value is -6.77. The van der Waals surface area contributed by atoms with E-state index in [2.05, 4.69) is 54.7 Å². The van der Waals surface area contributed by atoms with Gasteiger partial charge in [-0.25, -0.2) is 10.5 Å². The van der Waals surface area contributed by atoms with Gasteiger partial charge in [-0.2, -0.15) is 28.9 Å². The highest BCUT2D eigenvalue weighted by Gasteiger charge is 2.19. The molecule has 0 atom stereocenters. The van der Waals surface area contributed by atoms with Crippen molar-refractivity contribution in [3.8, 4) is 17.2 Å². The maximum atomic E-state index is 12.2. The number of phenols is 2. The Morgan fingerprint density at radius 2 is 1.28 bits per heavy atom. The van der Waals surface area contributed by atoms with E-state index in [1.54, 1.807) is 106 Å². The summed E-state index contributed by atoms with van der Waals surface area (Å²) in [4.78, 5) is 0.0593. The molecule has 0 fully saturated rings. The van der Waals surface area contributed by atoms with Crippen LogP contribution in [-0.4, -0.2) is 40.4 Å². The molecule has 7 rings (SSSR count). The summed E-state index contributed by atoms with van der Waals surface area (Å²) >= 11 is 1.12. The van der Waals surface area contributed by atoms with Gasteiger partial charge in [-0.05, 0) is 139 Å². The van der Waals surface area contributed by atoms with Crippen molar-refractivity contribution in [3.63, 3.8) is 0 Å². The normalized spacial score (nSPS) is 12.1. The summed E-state index contributed by atoms with van der Waals surface area (Å²) in [5.41, 5.74) is 10.7. The van der Waals surface area contributed by atoms with E-state index in [9.17, 15) is 23.2 Å². The highest BCUT2D eigenvalue weighted by molar-refractivity contribution is 7.95. The first-order valence-corrected chi connectivity index (χ1v) is 21.7. The number of aryl methyl sites for hydroxylation is 3. The first kappa shape index (κ1) is 46.2. The first-order valence-electron chi connectivity index (χ1n) is 18.8. The van der Waals surface area contributed by atoms with Crippen LogP contribution in [0, 0.1) is 20.8 Å². The highest BCUT2D eigenvalue weighted by Crippen LogP contribution is 2.46. The number of hydrogen-bond donors (Lipinski definition) is 7. The summed E-state index contributed by atoms with van der Waals surface area (Å²) in [5.74, 6) is 0.0978. The van der Waals surface area contributed by atoms with E-state index < -0.39 is 15.0 Å². The quantitative estimate of drug-likeness (QED) is 0.00849. The van der Waals surface area contributed by atoms with Crippen molar-refractivity contribution < 1.29 is 57.2 Å². The molecular formula is C42H36N8O12S3. The standard InChI is InChI=1S/C42H36N8O12S3/c1-22-13-35(23(2)12-34(22)46-45-29-7-4-25-16-31(63-61-59-53)19-40(33(25)18-29)65(55,56)57)47-48-36-20-38(51)37(14-24(36)3)49-50-41-39(64-62-60-54)17-26-15-28(8-11-32(26)42(41)52)44-21-58-30-9-5-27(43)6-10-30/h4-20,44,51-54H,21,43H2,1-3H3,(H,55,56,57). The lowest BCUT2D eigenvalue weighted by Gasteiger charge is -2.12. The number of aromatic hydroxyl groups is 2. The maximum absolute atomic E-state index is 12.2. The summed E-state index contributed by atoms with van der Waals surface area (Å²) in [6, 6.07) is 27.6. The molecule has 0 saturated carbocycles. The number of fused-ring (bicyclic) bond motifs is 2. The van der Waals surface area contributed by atoms with Gasteiger partial charge in [-0.1, -0.05) is 16.1 Å². The fourth-order valence-corrected chi connectivity index (χ4v) is 8.04. The maximum Gasteiger partial charge on any atom is 0.295 e. The zero-order valence-electron chi connectivity index (χ0n) is 34.1. The number of nitrogens with one attached hydrogen (secondary N) is 1. The molecule has 0 radical (unpaired) electrons. The second kappa shape index (κ2) is 20.4. The Kier molecular flexibility index (Phi) is 14.5. The van der Waals surface area contributed by atoms with Gasteiger partial charge in [0.15, 0.2) is 12.5 Å². The fraction of sp³-hybridized carbons (Fsp3) is 0.0952. The molecule has 0 amide bonds. The van der Waals surface area contributed by atoms with Gasteiger partial charge in [0.05, 0.1) is 51.7 Å². The molecule has 0 aliphatic rings. The van der Waals surface area contributed by atoms with Gasteiger partial charge < -0.3 is 26.0 Å². The summed E-state index contributed by atoms with van der Waals surface area (Å²) in [6.07, 6.45) is 0. The second-order valence-corrected chi connectivity index (χ2v) is 16.9. The molecule has 0 spiro atoms. The zero-order valence-corrected chi connectivity index (χ0v) is 36.6. The molecule has 7 aromatic carbocycles. The van der Waals surface area contributed by atoms with Crippen molar-refractivity contribution in [3.05, 3.63) is 120 Å². The van der Waals surface area contributed by atoms with Crippen molar-refractivity contribution in [2.75, 3.05) is 17.8 Å². The van der Waals surface area contributed by atoms with Crippen LogP contribution in [0.15, 0.2) is 149 Å². The minimum atomic E-state index is -4.66. The Morgan fingerprint density at radius 1 is 0.646 bits per heavy atom. The Morgan fingerprint density at radius 3 is 1.95 bits per heavy atom. The van der Waals surface area contributed by atoms with Crippen LogP contribution in [0.25, 0.3) is 21.5 Å². The molecule has 0 aliphatic carbocycles. The predicted molar refractivity (Wildman–Crippen MR) is 242 cm³/mol. The van der Waals surface area contributed by atoms with Gasteiger partial charge in [0.1, 0.15) is 27.8 Å². The number of nitrogen functional groups attached to an aromatic ring is 1. The van der Waals surface area contributed by atoms with Gasteiger partial charge in [0.2, 0.25) is 0 Å². The largest absolute Gasteiger partial charge is 0.506 e. The monoisotopic (exact) mass is 940 g/mol. The number of azo groups is 3. The second-order valence-electron chi connectivity index (χ2n) is 13.9. The van der Waals surface area contributed by atoms with Gasteiger partial charge in [0, 0.05) is 33.1 Å². The molecule has 0 bridgehead atoms. The van der Waals surface area contributed by atoms with E-state index in [1.165, 1.54) is 12.1 Å². The van der Waals surface area contributed by atoms with Crippen LogP contribution >= 0.6 is 24.1 Å². The van der Waals surface area contributed by atoms with E-state index >= 15 is 0 Å². The molecule has 0 aliphatic heterocycles. The Labute approximate surface area is 377 Å². The van der Waals surface area contributed by atoms with E-state index in [0.717, 1.165) is 6.07 Å². The molecule has 8 N–H and O–H groups in total. The third-order valence-electron chi connectivity index (χ3n) is 9.52. The van der Waals surface area contributed by atoms with Crippen molar-refractivity contribution in [1.82, 2.24) is 0 Å². The predicted octanol–water partition coefficient (Wildman–Crippen LogP) is 12.7. The summed E-state index contributed by atoms with van der Waals surface area (Å²) in [5, 5.41) is 77.6. The van der Waals surface area contributed by atoms with Crippen LogP contribution in [0.4, 0.5) is 45.5 Å². The number of phenolic OH excluding ortho intramolecular Hbond substituents is 2. The molecule has 7 aromatic rings. The lowest BCUT2D eigenvalue weighted by molar-refractivity contribution is -0.432. The first-order chi connectivity index (χ1) is 31.2. The third kappa shape index (κ3) is 11.3. The molecule has 0 aromatic heterocycles. The molecule has 334 valence electrons. The topological polar surface area (TPSA) is 294 Å². The molecule has 0 unspecified atom stereocenters. The number of anilines is 2. The smallest absolute Gasteiger partial charge is 0.295 e. The molecular weight excluding hydrogens is 905 g/mol. The minimum Gasteiger partial charge on any atom is -0.506 e. The number of hydrogen-bond acceptors (Lipinski definition) is 21. The number of nitrogens with two attached hydrogens (primary N) is 1. The average Bonchev–Trinajstić information content (AvgIpc) is 3.28. The van der Waals surface area contributed by atoms with E-state index in [1.807, 2.05) is 0 Å². The van der Waals surface area contributed by atoms with Crippen LogP contribution < -0.4 is 15.8 Å². The van der Waals surface area contributed by atoms with Crippen LogP contribution in [0.1, 0.15) is 16.7 Å². The number of rotatable bonds is 17. The van der Waals surface area contributed by atoms with Crippen LogP contribution in [-0.2, 0) is 28.9 Å². The number of ether oxygens (including phenoxy) is 1. The van der Waals surface area contributed by atoms with Crippen molar-refractivity contribution in [2.45, 2.75) is 35.5 Å². The lowest BCUT2D eigenvalue weighted by Crippen LogP contribution is -2.08. The fourth-order valence-electron chi connectivity index (χ4n) is 6.29. The SMILES string of the molecule is Cc1cc(N=Nc2cc(O)c(N=Nc3c(SOOO)cc4cc(NCOc5ccc(N)cc5)ccc4c3O)cc2C)c(C)cc1N=Nc1ccc2cc(SOOO)cc(S(=O)(=O)O)c2c1. The summed E-state index contributed by atoms with van der Waals surface area (Å²) in [7, 11) is -4.66. The number of nitrogens with zero attached hydrogens (tertiary/aromatic N) is 6. The third-order valence-corrected chi connectivity index (χ3v) is 11.6. The molecule has 0 heterocycles. The Bertz CT molecular complexity index is 3120. The molecule has 23 heteroatoms. The van der Waals surface area contributed by atoms with Crippen molar-refractivity contribution in [1.29, 1.82) is 0 Å². The summed E-state index contributed by atoms with van der Waals surface area (Å²) in [6.45, 7) is 5.49. The highest BCUT2D eigenvalue weighted by atomic mass is 32.2. The van der Waals surface area contributed by atoms with Crippen LogP contribution in [0.3, 0.4) is 0 Å². The van der Waals surface area contributed by atoms with Gasteiger partial charge >= 0.3 is 0 Å². The van der Waals surface area contributed by atoms with Gasteiger partial charge in [-0.3, -0.25) is 4.55 Å². The minimum absolute atomic E-state index is 0.0269. The lowest BCUT2D eigenvalue weighted by atomic mass is 10.1. The van der Waals surface area contributed by atoms with Crippen LogP contribution in [0.5, 0.6) is 17.2 Å². The Balaban J connectivity index is 1.07.